The van der Waals surface area contributed by atoms with Crippen molar-refractivity contribution < 1.29 is 0 Å². The average molecular weight is 187 g/mol. The predicted molar refractivity (Wildman–Crippen MR) is 49.8 cm³/mol. The van der Waals surface area contributed by atoms with Crippen molar-refractivity contribution in [1.82, 2.24) is 25.1 Å². The van der Waals surface area contributed by atoms with E-state index >= 15 is 0 Å². The zero-order valence-corrected chi connectivity index (χ0v) is 6.98. The zero-order valence-electron chi connectivity index (χ0n) is 6.98. The van der Waals surface area contributed by atoms with E-state index in [1.54, 1.807) is 6.20 Å². The number of rotatable bonds is 0. The van der Waals surface area contributed by atoms with E-state index in [1.165, 1.54) is 12.5 Å². The third-order valence-corrected chi connectivity index (χ3v) is 2.09. The number of hydrogen-bond donors (Lipinski definition) is 2. The Kier molecular flexibility index (Phi) is 1.22. The van der Waals surface area contributed by atoms with E-state index in [0.29, 0.717) is 16.6 Å². The van der Waals surface area contributed by atoms with Gasteiger partial charge in [0.05, 0.1) is 28.8 Å². The lowest BCUT2D eigenvalue weighted by Gasteiger charge is -1.94. The van der Waals surface area contributed by atoms with Gasteiger partial charge in [0, 0.05) is 6.20 Å². The van der Waals surface area contributed by atoms with Crippen molar-refractivity contribution in [3.63, 3.8) is 0 Å². The summed E-state index contributed by atoms with van der Waals surface area (Å²) in [6, 6.07) is 0. The number of fused-ring (bicyclic) bond motifs is 3. The van der Waals surface area contributed by atoms with Crippen molar-refractivity contribution in [3.8, 4) is 0 Å². The van der Waals surface area contributed by atoms with Gasteiger partial charge < -0.3 is 4.98 Å². The fraction of sp³-hybridized carbons (Fsp3) is 0. The highest BCUT2D eigenvalue weighted by Gasteiger charge is 2.06. The summed E-state index contributed by atoms with van der Waals surface area (Å²) in [4.78, 5) is 22.0. The number of aromatic nitrogens is 5. The maximum absolute atomic E-state index is 11.4. The van der Waals surface area contributed by atoms with Crippen molar-refractivity contribution in [3.05, 3.63) is 29.1 Å². The number of pyridine rings is 1. The van der Waals surface area contributed by atoms with Gasteiger partial charge in [-0.2, -0.15) is 5.10 Å². The number of aromatic amines is 2. The smallest absolute Gasteiger partial charge is 0.260 e. The van der Waals surface area contributed by atoms with Gasteiger partial charge >= 0.3 is 0 Å². The number of nitrogens with one attached hydrogen (secondary N) is 2. The molecule has 0 saturated carbocycles. The lowest BCUT2D eigenvalue weighted by atomic mass is 10.2. The SMILES string of the molecule is O=c1[nH]cnc2c1cnc1[nH]ncc12. The van der Waals surface area contributed by atoms with Crippen molar-refractivity contribution in [2.45, 2.75) is 0 Å². The number of H-pyrrole nitrogens is 2. The molecule has 14 heavy (non-hydrogen) atoms. The molecule has 3 aromatic heterocycles. The van der Waals surface area contributed by atoms with Crippen LogP contribution in [0.3, 0.4) is 0 Å². The van der Waals surface area contributed by atoms with Crippen LogP contribution < -0.4 is 5.56 Å². The molecule has 0 aliphatic heterocycles. The molecule has 3 aromatic rings. The minimum absolute atomic E-state index is 0.189. The Balaban J connectivity index is 2.71. The molecular weight excluding hydrogens is 182 g/mol. The largest absolute Gasteiger partial charge is 0.313 e. The molecule has 0 aliphatic carbocycles. The van der Waals surface area contributed by atoms with Crippen LogP contribution in [0.25, 0.3) is 21.9 Å². The van der Waals surface area contributed by atoms with E-state index in [2.05, 4.69) is 25.1 Å². The molecule has 0 aliphatic rings. The Hall–Kier alpha value is -2.24. The summed E-state index contributed by atoms with van der Waals surface area (Å²) in [5, 5.41) is 7.79. The molecule has 0 saturated heterocycles. The van der Waals surface area contributed by atoms with Crippen LogP contribution in [0.1, 0.15) is 0 Å². The minimum atomic E-state index is -0.189. The van der Waals surface area contributed by atoms with E-state index in [-0.39, 0.29) is 5.56 Å². The first-order chi connectivity index (χ1) is 6.86. The van der Waals surface area contributed by atoms with Gasteiger partial charge in [-0.1, -0.05) is 0 Å². The highest BCUT2D eigenvalue weighted by Crippen LogP contribution is 2.15. The van der Waals surface area contributed by atoms with E-state index in [9.17, 15) is 4.79 Å². The van der Waals surface area contributed by atoms with Gasteiger partial charge in [0.2, 0.25) is 0 Å². The van der Waals surface area contributed by atoms with E-state index in [4.69, 9.17) is 0 Å². The van der Waals surface area contributed by atoms with Crippen LogP contribution in [0.5, 0.6) is 0 Å². The molecule has 0 bridgehead atoms. The monoisotopic (exact) mass is 187 g/mol. The van der Waals surface area contributed by atoms with E-state index < -0.39 is 0 Å². The molecule has 0 radical (unpaired) electrons. The quantitative estimate of drug-likeness (QED) is 0.526. The summed E-state index contributed by atoms with van der Waals surface area (Å²) in [6.45, 7) is 0. The van der Waals surface area contributed by atoms with Gasteiger partial charge in [-0.15, -0.1) is 0 Å². The highest BCUT2D eigenvalue weighted by molar-refractivity contribution is 6.00. The second-order valence-electron chi connectivity index (χ2n) is 2.88. The maximum Gasteiger partial charge on any atom is 0.260 e. The van der Waals surface area contributed by atoms with Crippen LogP contribution in [0.15, 0.2) is 23.5 Å². The van der Waals surface area contributed by atoms with Crippen LogP contribution in [0.2, 0.25) is 0 Å². The third-order valence-electron chi connectivity index (χ3n) is 2.09. The van der Waals surface area contributed by atoms with Gasteiger partial charge in [0.15, 0.2) is 5.65 Å². The molecule has 6 heteroatoms. The van der Waals surface area contributed by atoms with Crippen molar-refractivity contribution in [2.24, 2.45) is 0 Å². The third kappa shape index (κ3) is 0.792. The first kappa shape index (κ1) is 7.19. The van der Waals surface area contributed by atoms with Crippen molar-refractivity contribution in [1.29, 1.82) is 0 Å². The fourth-order valence-electron chi connectivity index (χ4n) is 1.42. The van der Waals surface area contributed by atoms with Crippen LogP contribution in [0, 0.1) is 0 Å². The maximum atomic E-state index is 11.4. The fourth-order valence-corrected chi connectivity index (χ4v) is 1.42. The van der Waals surface area contributed by atoms with E-state index in [1.807, 2.05) is 0 Å². The Morgan fingerprint density at radius 1 is 1.14 bits per heavy atom. The molecule has 0 atom stereocenters. The topological polar surface area (TPSA) is 87.3 Å². The lowest BCUT2D eigenvalue weighted by Crippen LogP contribution is -2.06. The van der Waals surface area contributed by atoms with Gasteiger partial charge in [0.1, 0.15) is 0 Å². The summed E-state index contributed by atoms with van der Waals surface area (Å²) >= 11 is 0. The zero-order chi connectivity index (χ0) is 9.54. The summed E-state index contributed by atoms with van der Waals surface area (Å²) in [5.74, 6) is 0. The summed E-state index contributed by atoms with van der Waals surface area (Å²) in [6.07, 6.45) is 4.47. The van der Waals surface area contributed by atoms with Gasteiger partial charge in [-0.3, -0.25) is 9.89 Å². The molecule has 6 nitrogen and oxygen atoms in total. The second-order valence-corrected chi connectivity index (χ2v) is 2.88. The number of hydrogen-bond acceptors (Lipinski definition) is 4. The Morgan fingerprint density at radius 2 is 2.07 bits per heavy atom. The Bertz CT molecular complexity index is 668. The van der Waals surface area contributed by atoms with Crippen LogP contribution in [0.4, 0.5) is 0 Å². The molecule has 0 unspecified atom stereocenters. The van der Waals surface area contributed by atoms with E-state index in [0.717, 1.165) is 5.39 Å². The van der Waals surface area contributed by atoms with Crippen LogP contribution in [-0.2, 0) is 0 Å². The molecule has 0 aromatic carbocycles. The molecule has 0 fully saturated rings. The minimum Gasteiger partial charge on any atom is -0.313 e. The first-order valence-corrected chi connectivity index (χ1v) is 4.02. The predicted octanol–water partition coefficient (Wildman–Crippen LogP) is 0.194. The highest BCUT2D eigenvalue weighted by atomic mass is 16.1. The molecule has 68 valence electrons. The molecule has 3 heterocycles. The first-order valence-electron chi connectivity index (χ1n) is 4.02. The van der Waals surface area contributed by atoms with Crippen LogP contribution in [-0.4, -0.2) is 25.1 Å². The van der Waals surface area contributed by atoms with Gasteiger partial charge in [-0.25, -0.2) is 9.97 Å². The molecule has 0 amide bonds. The average Bonchev–Trinajstić information content (AvgIpc) is 2.66. The molecule has 3 rings (SSSR count). The lowest BCUT2D eigenvalue weighted by molar-refractivity contribution is 1.10. The standard InChI is InChI=1S/C8H5N5O/c14-8-5-1-9-7-4(2-12-13-7)6(5)10-3-11-8/h1-3H,(H,9,12,13)(H,10,11,14). The summed E-state index contributed by atoms with van der Waals surface area (Å²) in [7, 11) is 0. The second kappa shape index (κ2) is 2.38. The molecular formula is C8H5N5O. The summed E-state index contributed by atoms with van der Waals surface area (Å²) in [5.41, 5.74) is 1.06. The Morgan fingerprint density at radius 3 is 3.00 bits per heavy atom. The van der Waals surface area contributed by atoms with Crippen LogP contribution >= 0.6 is 0 Å². The van der Waals surface area contributed by atoms with Gasteiger partial charge in [-0.05, 0) is 0 Å². The van der Waals surface area contributed by atoms with Gasteiger partial charge in [0.25, 0.3) is 5.56 Å². The van der Waals surface area contributed by atoms with Crippen molar-refractivity contribution >= 4 is 21.9 Å². The molecule has 2 N–H and O–H groups in total. The normalized spacial score (nSPS) is 11.1. The summed E-state index contributed by atoms with van der Waals surface area (Å²) < 4.78 is 0. The Labute approximate surface area is 77.0 Å². The number of nitrogens with zero attached hydrogens (tertiary/aromatic N) is 3. The van der Waals surface area contributed by atoms with Crippen molar-refractivity contribution in [2.75, 3.05) is 0 Å². The molecule has 0 spiro atoms.